The van der Waals surface area contributed by atoms with E-state index in [2.05, 4.69) is 5.32 Å². The zero-order chi connectivity index (χ0) is 11.1. The highest BCUT2D eigenvalue weighted by atomic mass is 32.2. The van der Waals surface area contributed by atoms with Crippen molar-refractivity contribution in [2.24, 2.45) is 5.73 Å². The van der Waals surface area contributed by atoms with Gasteiger partial charge in [-0.05, 0) is 33.7 Å². The van der Waals surface area contributed by atoms with Gasteiger partial charge in [0.05, 0.1) is 0 Å². The normalized spacial score (nSPS) is 15.2. The molecule has 2 unspecified atom stereocenters. The predicted octanol–water partition coefficient (Wildman–Crippen LogP) is -0.00300. The van der Waals surface area contributed by atoms with Crippen LogP contribution in [-0.2, 0) is 15.6 Å². The number of rotatable bonds is 6. The van der Waals surface area contributed by atoms with Crippen LogP contribution in [0.4, 0.5) is 0 Å². The summed E-state index contributed by atoms with van der Waals surface area (Å²) in [6, 6.07) is 0.0939. The van der Waals surface area contributed by atoms with Gasteiger partial charge in [0.2, 0.25) is 5.91 Å². The summed E-state index contributed by atoms with van der Waals surface area (Å²) in [4.78, 5) is 11.4. The molecule has 0 bridgehead atoms. The summed E-state index contributed by atoms with van der Waals surface area (Å²) < 4.78 is 11.5. The second kappa shape index (κ2) is 6.95. The number of carbonyl (C=O) groups excluding carboxylic acids is 1. The van der Waals surface area contributed by atoms with Gasteiger partial charge in [-0.25, -0.2) is 0 Å². The molecule has 5 heteroatoms. The van der Waals surface area contributed by atoms with E-state index >= 15 is 0 Å². The lowest BCUT2D eigenvalue weighted by Gasteiger charge is -2.13. The topological polar surface area (TPSA) is 72.2 Å². The highest BCUT2D eigenvalue weighted by Crippen LogP contribution is 1.98. The van der Waals surface area contributed by atoms with Gasteiger partial charge in [0.15, 0.2) is 0 Å². The minimum atomic E-state index is -1.10. The van der Waals surface area contributed by atoms with E-state index in [1.165, 1.54) is 0 Å². The van der Waals surface area contributed by atoms with Crippen LogP contribution in [0, 0.1) is 0 Å². The van der Waals surface area contributed by atoms with Crippen molar-refractivity contribution >= 4 is 16.7 Å². The first kappa shape index (κ1) is 13.6. The molecule has 1 amide bonds. The van der Waals surface area contributed by atoms with Crippen LogP contribution < -0.4 is 11.1 Å². The molecule has 2 atom stereocenters. The zero-order valence-corrected chi connectivity index (χ0v) is 9.89. The highest BCUT2D eigenvalue weighted by molar-refractivity contribution is 7.86. The Morgan fingerprint density at radius 3 is 2.43 bits per heavy atom. The molecule has 0 spiro atoms. The minimum Gasteiger partial charge on any atom is -0.353 e. The molecule has 0 aromatic heterocycles. The first-order valence-corrected chi connectivity index (χ1v) is 6.24. The van der Waals surface area contributed by atoms with E-state index in [1.807, 2.05) is 13.8 Å². The number of carbonyl (C=O) groups is 1. The third kappa shape index (κ3) is 5.34. The molecule has 4 nitrogen and oxygen atoms in total. The molecule has 0 rings (SSSR count). The summed E-state index contributed by atoms with van der Waals surface area (Å²) in [6.45, 7) is 5.97. The number of nitrogens with two attached hydrogens (primary N) is 1. The van der Waals surface area contributed by atoms with Crippen LogP contribution in [-0.4, -0.2) is 33.7 Å². The van der Waals surface area contributed by atoms with Gasteiger partial charge in [0.25, 0.3) is 0 Å². The Morgan fingerprint density at radius 1 is 1.43 bits per heavy atom. The molecule has 14 heavy (non-hydrogen) atoms. The molecule has 0 aliphatic carbocycles. The molecule has 0 saturated heterocycles. The minimum absolute atomic E-state index is 0.0939. The van der Waals surface area contributed by atoms with Gasteiger partial charge < -0.3 is 11.1 Å². The predicted molar refractivity (Wildman–Crippen MR) is 59.4 cm³/mol. The molecular weight excluding hydrogens is 200 g/mol. The average molecular weight is 220 g/mol. The van der Waals surface area contributed by atoms with E-state index in [4.69, 9.17) is 5.73 Å². The van der Waals surface area contributed by atoms with Gasteiger partial charge in [-0.15, -0.1) is 0 Å². The van der Waals surface area contributed by atoms with E-state index < -0.39 is 16.0 Å². The molecule has 0 fully saturated rings. The second-order valence-electron chi connectivity index (χ2n) is 3.53. The lowest BCUT2D eigenvalue weighted by molar-refractivity contribution is -0.120. The molecule has 3 N–H and O–H groups in total. The number of hydrogen-bond acceptors (Lipinski definition) is 3. The summed E-state index contributed by atoms with van der Waals surface area (Å²) in [5.41, 5.74) is 5.30. The fraction of sp³-hybridized carbons (Fsp3) is 0.889. The summed E-state index contributed by atoms with van der Waals surface area (Å²) in [6.07, 6.45) is 0.700. The Balaban J connectivity index is 3.97. The lowest BCUT2D eigenvalue weighted by Crippen LogP contribution is -2.40. The molecule has 0 aliphatic rings. The van der Waals surface area contributed by atoms with Crippen molar-refractivity contribution in [2.45, 2.75) is 38.5 Å². The van der Waals surface area contributed by atoms with Crippen LogP contribution in [0.2, 0.25) is 0 Å². The van der Waals surface area contributed by atoms with E-state index in [0.29, 0.717) is 18.7 Å². The molecular formula is C9H20N2O2S. The molecule has 84 valence electrons. The summed E-state index contributed by atoms with van der Waals surface area (Å²) in [7, 11) is -1.10. The Morgan fingerprint density at radius 2 is 2.00 bits per heavy atom. The molecule has 0 saturated carbocycles. The Kier molecular flexibility index (Phi) is 6.74. The van der Waals surface area contributed by atoms with Gasteiger partial charge in [-0.2, -0.15) is 0 Å². The maximum atomic E-state index is 11.5. The fourth-order valence-electron chi connectivity index (χ4n) is 0.924. The number of hydrogen-bond donors (Lipinski definition) is 2. The average Bonchev–Trinajstić information content (AvgIpc) is 2.11. The van der Waals surface area contributed by atoms with Crippen molar-refractivity contribution in [3.63, 3.8) is 0 Å². The van der Waals surface area contributed by atoms with Crippen LogP contribution >= 0.6 is 0 Å². The van der Waals surface area contributed by atoms with Gasteiger partial charge in [0, 0.05) is 22.6 Å². The zero-order valence-electron chi connectivity index (χ0n) is 9.08. The molecule has 0 heterocycles. The van der Waals surface area contributed by atoms with E-state index in [9.17, 15) is 9.00 Å². The van der Waals surface area contributed by atoms with E-state index in [-0.39, 0.29) is 11.9 Å². The number of amides is 1. The van der Waals surface area contributed by atoms with Crippen molar-refractivity contribution in [1.29, 1.82) is 0 Å². The fourth-order valence-corrected chi connectivity index (χ4v) is 2.04. The first-order chi connectivity index (χ1) is 6.49. The van der Waals surface area contributed by atoms with Crippen molar-refractivity contribution in [1.82, 2.24) is 5.32 Å². The summed E-state index contributed by atoms with van der Waals surface area (Å²) >= 11 is 0. The van der Waals surface area contributed by atoms with Crippen molar-refractivity contribution in [2.75, 3.05) is 12.3 Å². The van der Waals surface area contributed by atoms with Gasteiger partial charge in [-0.3, -0.25) is 9.00 Å². The SMILES string of the molecule is CC(C)NC(=O)C(C)S(=O)CCCN. The van der Waals surface area contributed by atoms with Crippen LogP contribution in [0.5, 0.6) is 0 Å². The highest BCUT2D eigenvalue weighted by Gasteiger charge is 2.19. The third-order valence-electron chi connectivity index (χ3n) is 1.74. The van der Waals surface area contributed by atoms with Crippen molar-refractivity contribution in [3.05, 3.63) is 0 Å². The largest absolute Gasteiger partial charge is 0.353 e. The monoisotopic (exact) mass is 220 g/mol. The van der Waals surface area contributed by atoms with Gasteiger partial charge in [0.1, 0.15) is 5.25 Å². The number of nitrogens with one attached hydrogen (secondary N) is 1. The van der Waals surface area contributed by atoms with Crippen molar-refractivity contribution < 1.29 is 9.00 Å². The van der Waals surface area contributed by atoms with E-state index in [0.717, 1.165) is 0 Å². The molecule has 0 aliphatic heterocycles. The Hall–Kier alpha value is -0.420. The van der Waals surface area contributed by atoms with Crippen LogP contribution in [0.1, 0.15) is 27.2 Å². The maximum Gasteiger partial charge on any atom is 0.235 e. The molecule has 0 aromatic rings. The third-order valence-corrected chi connectivity index (χ3v) is 3.44. The smallest absolute Gasteiger partial charge is 0.235 e. The Bertz CT molecular complexity index is 207. The summed E-state index contributed by atoms with van der Waals surface area (Å²) in [5, 5.41) is 2.30. The van der Waals surface area contributed by atoms with E-state index in [1.54, 1.807) is 6.92 Å². The molecule has 0 aromatic carbocycles. The maximum absolute atomic E-state index is 11.5. The van der Waals surface area contributed by atoms with Gasteiger partial charge >= 0.3 is 0 Å². The second-order valence-corrected chi connectivity index (χ2v) is 5.41. The standard InChI is InChI=1S/C9H20N2O2S/c1-7(2)11-9(12)8(3)14(13)6-4-5-10/h7-8H,4-6,10H2,1-3H3,(H,11,12). The van der Waals surface area contributed by atoms with Crippen LogP contribution in [0.15, 0.2) is 0 Å². The quantitative estimate of drug-likeness (QED) is 0.661. The van der Waals surface area contributed by atoms with Crippen LogP contribution in [0.3, 0.4) is 0 Å². The first-order valence-electron chi connectivity index (χ1n) is 4.86. The Labute approximate surface area is 88.1 Å². The summed E-state index contributed by atoms with van der Waals surface area (Å²) in [5.74, 6) is 0.360. The molecule has 0 radical (unpaired) electrons. The van der Waals surface area contributed by atoms with Gasteiger partial charge in [-0.1, -0.05) is 0 Å². The van der Waals surface area contributed by atoms with Crippen LogP contribution in [0.25, 0.3) is 0 Å². The van der Waals surface area contributed by atoms with Crippen molar-refractivity contribution in [3.8, 4) is 0 Å². The lowest BCUT2D eigenvalue weighted by atomic mass is 10.3.